The Labute approximate surface area is 112 Å². The van der Waals surface area contributed by atoms with Crippen LogP contribution in [0.2, 0.25) is 0 Å². The first-order valence-corrected chi connectivity index (χ1v) is 7.05. The van der Waals surface area contributed by atoms with Crippen molar-refractivity contribution in [1.82, 2.24) is 10.3 Å². The van der Waals surface area contributed by atoms with Crippen molar-refractivity contribution in [3.63, 3.8) is 0 Å². The zero-order valence-electron chi connectivity index (χ0n) is 12.2. The summed E-state index contributed by atoms with van der Waals surface area (Å²) in [4.78, 5) is 6.53. The lowest BCUT2D eigenvalue weighted by Crippen LogP contribution is -2.22. The molecule has 1 unspecified atom stereocenters. The minimum Gasteiger partial charge on any atom is -0.363 e. The maximum atomic E-state index is 4.50. The summed E-state index contributed by atoms with van der Waals surface area (Å²) in [5, 5.41) is 3.62. The maximum absolute atomic E-state index is 4.50. The zero-order chi connectivity index (χ0) is 13.4. The summed E-state index contributed by atoms with van der Waals surface area (Å²) >= 11 is 0. The summed E-state index contributed by atoms with van der Waals surface area (Å²) in [5.74, 6) is 1.02. The number of nitrogens with one attached hydrogen (secondary N) is 1. The van der Waals surface area contributed by atoms with Gasteiger partial charge in [0.2, 0.25) is 0 Å². The lowest BCUT2D eigenvalue weighted by atomic mass is 10.0. The molecule has 1 rings (SSSR count). The number of hydrogen-bond donors (Lipinski definition) is 1. The highest BCUT2D eigenvalue weighted by Crippen LogP contribution is 2.20. The van der Waals surface area contributed by atoms with Crippen molar-refractivity contribution in [3.8, 4) is 0 Å². The van der Waals surface area contributed by atoms with Crippen molar-refractivity contribution in [2.75, 3.05) is 25.5 Å². The van der Waals surface area contributed by atoms with Gasteiger partial charge < -0.3 is 10.2 Å². The Morgan fingerprint density at radius 3 is 2.50 bits per heavy atom. The second-order valence-corrected chi connectivity index (χ2v) is 4.99. The fraction of sp³-hybridized carbons (Fsp3) is 0.667. The molecule has 1 atom stereocenters. The Morgan fingerprint density at radius 2 is 2.00 bits per heavy atom. The Hall–Kier alpha value is -1.09. The van der Waals surface area contributed by atoms with E-state index in [-0.39, 0.29) is 0 Å². The highest BCUT2D eigenvalue weighted by molar-refractivity contribution is 5.37. The molecule has 3 nitrogen and oxygen atoms in total. The molecule has 1 heterocycles. The van der Waals surface area contributed by atoms with Crippen LogP contribution in [0.25, 0.3) is 0 Å². The van der Waals surface area contributed by atoms with Crippen LogP contribution in [0.3, 0.4) is 0 Å². The summed E-state index contributed by atoms with van der Waals surface area (Å²) < 4.78 is 0. The van der Waals surface area contributed by atoms with Gasteiger partial charge in [0.15, 0.2) is 0 Å². The van der Waals surface area contributed by atoms with E-state index in [1.165, 1.54) is 31.2 Å². The lowest BCUT2D eigenvalue weighted by molar-refractivity contribution is 0.480. The van der Waals surface area contributed by atoms with E-state index in [9.17, 15) is 0 Å². The fourth-order valence-corrected chi connectivity index (χ4v) is 1.98. The smallest absolute Gasteiger partial charge is 0.127 e. The van der Waals surface area contributed by atoms with E-state index in [0.29, 0.717) is 6.04 Å². The zero-order valence-corrected chi connectivity index (χ0v) is 12.2. The molecular weight excluding hydrogens is 222 g/mol. The molecular formula is C15H27N3. The van der Waals surface area contributed by atoms with E-state index in [1.54, 1.807) is 0 Å². The van der Waals surface area contributed by atoms with E-state index in [4.69, 9.17) is 0 Å². The molecule has 0 radical (unpaired) electrons. The molecule has 0 amide bonds. The number of unbranched alkanes of at least 4 members (excludes halogenated alkanes) is 1. The van der Waals surface area contributed by atoms with Crippen LogP contribution < -0.4 is 10.2 Å². The largest absolute Gasteiger partial charge is 0.363 e. The minimum atomic E-state index is 0.452. The van der Waals surface area contributed by atoms with Crippen molar-refractivity contribution < 1.29 is 0 Å². The molecule has 0 saturated heterocycles. The number of pyridine rings is 1. The van der Waals surface area contributed by atoms with Gasteiger partial charge in [-0.3, -0.25) is 0 Å². The van der Waals surface area contributed by atoms with E-state index in [0.717, 1.165) is 12.4 Å². The molecule has 18 heavy (non-hydrogen) atoms. The van der Waals surface area contributed by atoms with Crippen LogP contribution in [0, 0.1) is 0 Å². The Balaban J connectivity index is 2.70. The molecule has 0 aliphatic rings. The summed E-state index contributed by atoms with van der Waals surface area (Å²) in [7, 11) is 4.04. The Kier molecular flexibility index (Phi) is 6.73. The molecule has 1 aromatic rings. The first kappa shape index (κ1) is 15.0. The van der Waals surface area contributed by atoms with Gasteiger partial charge >= 0.3 is 0 Å². The third-order valence-electron chi connectivity index (χ3n) is 3.12. The summed E-state index contributed by atoms with van der Waals surface area (Å²) in [6.07, 6.45) is 6.88. The van der Waals surface area contributed by atoms with Gasteiger partial charge in [0.05, 0.1) is 0 Å². The number of aromatic nitrogens is 1. The van der Waals surface area contributed by atoms with Gasteiger partial charge in [-0.1, -0.05) is 32.8 Å². The minimum absolute atomic E-state index is 0.452. The van der Waals surface area contributed by atoms with Gasteiger partial charge in [0, 0.05) is 26.3 Å². The average molecular weight is 249 g/mol. The van der Waals surface area contributed by atoms with E-state index < -0.39 is 0 Å². The second-order valence-electron chi connectivity index (χ2n) is 4.99. The summed E-state index contributed by atoms with van der Waals surface area (Å²) in [5.41, 5.74) is 1.31. The fourth-order valence-electron chi connectivity index (χ4n) is 1.98. The van der Waals surface area contributed by atoms with Gasteiger partial charge in [-0.25, -0.2) is 4.98 Å². The first-order valence-electron chi connectivity index (χ1n) is 7.05. The highest BCUT2D eigenvalue weighted by atomic mass is 15.1. The van der Waals surface area contributed by atoms with Gasteiger partial charge in [0.25, 0.3) is 0 Å². The number of nitrogens with zero attached hydrogens (tertiary/aromatic N) is 2. The Morgan fingerprint density at radius 1 is 1.22 bits per heavy atom. The average Bonchev–Trinajstić information content (AvgIpc) is 2.39. The quantitative estimate of drug-likeness (QED) is 0.765. The van der Waals surface area contributed by atoms with Crippen LogP contribution in [0.1, 0.15) is 51.1 Å². The van der Waals surface area contributed by atoms with Gasteiger partial charge in [-0.2, -0.15) is 0 Å². The van der Waals surface area contributed by atoms with Crippen LogP contribution in [0.4, 0.5) is 5.82 Å². The summed E-state index contributed by atoms with van der Waals surface area (Å²) in [6, 6.07) is 4.75. The highest BCUT2D eigenvalue weighted by Gasteiger charge is 2.10. The molecule has 0 fully saturated rings. The number of hydrogen-bond acceptors (Lipinski definition) is 3. The molecule has 0 aromatic carbocycles. The monoisotopic (exact) mass is 249 g/mol. The number of anilines is 1. The molecule has 3 heteroatoms. The molecule has 1 N–H and O–H groups in total. The van der Waals surface area contributed by atoms with Crippen molar-refractivity contribution in [2.24, 2.45) is 0 Å². The molecule has 0 aliphatic heterocycles. The molecule has 0 aliphatic carbocycles. The van der Waals surface area contributed by atoms with Crippen molar-refractivity contribution >= 4 is 5.82 Å². The molecule has 102 valence electrons. The third-order valence-corrected chi connectivity index (χ3v) is 3.12. The molecule has 0 saturated carbocycles. The van der Waals surface area contributed by atoms with Crippen LogP contribution in [0.15, 0.2) is 18.3 Å². The maximum Gasteiger partial charge on any atom is 0.127 e. The predicted molar refractivity (Wildman–Crippen MR) is 79.1 cm³/mol. The normalized spacial score (nSPS) is 12.4. The SMILES string of the molecule is CCCCC(NCCC)c1ccc(N(C)C)nc1. The first-order chi connectivity index (χ1) is 8.69. The van der Waals surface area contributed by atoms with Crippen molar-refractivity contribution in [1.29, 1.82) is 0 Å². The molecule has 1 aromatic heterocycles. The lowest BCUT2D eigenvalue weighted by Gasteiger charge is -2.19. The summed E-state index contributed by atoms with van der Waals surface area (Å²) in [6.45, 7) is 5.52. The van der Waals surface area contributed by atoms with Crippen LogP contribution >= 0.6 is 0 Å². The van der Waals surface area contributed by atoms with Gasteiger partial charge in [0.1, 0.15) is 5.82 Å². The van der Waals surface area contributed by atoms with Crippen LogP contribution in [0.5, 0.6) is 0 Å². The van der Waals surface area contributed by atoms with Gasteiger partial charge in [-0.15, -0.1) is 0 Å². The predicted octanol–water partition coefficient (Wildman–Crippen LogP) is 3.38. The third kappa shape index (κ3) is 4.65. The van der Waals surface area contributed by atoms with E-state index in [1.807, 2.05) is 25.2 Å². The Bertz CT molecular complexity index is 311. The van der Waals surface area contributed by atoms with Gasteiger partial charge in [-0.05, 0) is 31.0 Å². The van der Waals surface area contributed by atoms with E-state index >= 15 is 0 Å². The second kappa shape index (κ2) is 8.09. The number of rotatable bonds is 8. The standard InChI is InChI=1S/C15H27N3/c1-5-7-8-14(16-11-6-2)13-9-10-15(17-12-13)18(3)4/h9-10,12,14,16H,5-8,11H2,1-4H3. The van der Waals surface area contributed by atoms with Crippen molar-refractivity contribution in [3.05, 3.63) is 23.9 Å². The topological polar surface area (TPSA) is 28.2 Å². The van der Waals surface area contributed by atoms with Crippen LogP contribution in [-0.2, 0) is 0 Å². The molecule has 0 bridgehead atoms. The molecule has 0 spiro atoms. The van der Waals surface area contributed by atoms with E-state index in [2.05, 4.69) is 36.3 Å². The van der Waals surface area contributed by atoms with Crippen molar-refractivity contribution in [2.45, 2.75) is 45.6 Å². The van der Waals surface area contributed by atoms with Crippen LogP contribution in [-0.4, -0.2) is 25.6 Å².